The number of carbonyl (C=O) groups excluding carboxylic acids is 2. The summed E-state index contributed by atoms with van der Waals surface area (Å²) < 4.78 is 14.6. The maximum Gasteiger partial charge on any atom is 0.339 e. The van der Waals surface area contributed by atoms with Gasteiger partial charge in [0, 0.05) is 6.08 Å². The van der Waals surface area contributed by atoms with E-state index in [2.05, 4.69) is 11.3 Å². The second-order valence-electron chi connectivity index (χ2n) is 4.46. The van der Waals surface area contributed by atoms with Crippen molar-refractivity contribution in [3.63, 3.8) is 0 Å². The Kier molecular flexibility index (Phi) is 7.80. The van der Waals surface area contributed by atoms with E-state index < -0.39 is 35.0 Å². The topological polar surface area (TPSA) is 136 Å². The molecule has 0 saturated heterocycles. The van der Waals surface area contributed by atoms with Gasteiger partial charge in [-0.3, -0.25) is 0 Å². The summed E-state index contributed by atoms with van der Waals surface area (Å²) in [6.45, 7) is 3.09. The fourth-order valence-corrected chi connectivity index (χ4v) is 1.76. The lowest BCUT2D eigenvalue weighted by Gasteiger charge is -2.09. The second-order valence-corrected chi connectivity index (χ2v) is 4.46. The van der Waals surface area contributed by atoms with Gasteiger partial charge in [-0.25, -0.2) is 19.2 Å². The van der Waals surface area contributed by atoms with Crippen molar-refractivity contribution in [1.29, 1.82) is 0 Å². The minimum Gasteiger partial charge on any atom is -0.478 e. The Balaban J connectivity index is 2.54. The van der Waals surface area contributed by atoms with Gasteiger partial charge in [0.05, 0.1) is 29.9 Å². The minimum atomic E-state index is -1.55. The van der Waals surface area contributed by atoms with Gasteiger partial charge in [-0.1, -0.05) is 12.6 Å². The molecule has 0 heterocycles. The fourth-order valence-electron chi connectivity index (χ4n) is 1.76. The molecule has 0 atom stereocenters. The number of ether oxygens (including phenoxy) is 3. The van der Waals surface area contributed by atoms with E-state index in [-0.39, 0.29) is 32.0 Å². The van der Waals surface area contributed by atoms with Crippen LogP contribution in [0.2, 0.25) is 0 Å². The van der Waals surface area contributed by atoms with E-state index in [9.17, 15) is 19.2 Å². The van der Waals surface area contributed by atoms with Crippen molar-refractivity contribution in [2.24, 2.45) is 0 Å². The van der Waals surface area contributed by atoms with Crippen LogP contribution in [0.25, 0.3) is 0 Å². The Morgan fingerprint density at radius 1 is 0.920 bits per heavy atom. The van der Waals surface area contributed by atoms with E-state index in [1.54, 1.807) is 0 Å². The standard InChI is InChI=1S/C16H16O9/c1-2-12(17)24-8-6-23-7-9-25-16(22)11-5-3-4-10(14(18)19)13(11)15(20)21/h2-5H,1,6-9H2,(H,18,19)(H,20,21). The smallest absolute Gasteiger partial charge is 0.339 e. The highest BCUT2D eigenvalue weighted by molar-refractivity contribution is 6.09. The molecular weight excluding hydrogens is 336 g/mol. The Hall–Kier alpha value is -3.20. The van der Waals surface area contributed by atoms with Crippen LogP contribution in [0, 0.1) is 0 Å². The van der Waals surface area contributed by atoms with Crippen molar-refractivity contribution < 1.29 is 43.6 Å². The van der Waals surface area contributed by atoms with Gasteiger partial charge < -0.3 is 24.4 Å². The van der Waals surface area contributed by atoms with Crippen molar-refractivity contribution in [3.05, 3.63) is 47.5 Å². The lowest BCUT2D eigenvalue weighted by molar-refractivity contribution is -0.139. The zero-order valence-electron chi connectivity index (χ0n) is 13.1. The third-order valence-electron chi connectivity index (χ3n) is 2.83. The Morgan fingerprint density at radius 3 is 2.08 bits per heavy atom. The van der Waals surface area contributed by atoms with Crippen LogP contribution in [0.15, 0.2) is 30.9 Å². The first-order chi connectivity index (χ1) is 11.9. The van der Waals surface area contributed by atoms with E-state index in [1.165, 1.54) is 6.07 Å². The van der Waals surface area contributed by atoms with Gasteiger partial charge in [0.1, 0.15) is 13.2 Å². The molecule has 9 heteroatoms. The number of carboxylic acids is 2. The molecule has 2 N–H and O–H groups in total. The van der Waals surface area contributed by atoms with Gasteiger partial charge in [0.25, 0.3) is 0 Å². The van der Waals surface area contributed by atoms with Crippen molar-refractivity contribution in [2.45, 2.75) is 0 Å². The van der Waals surface area contributed by atoms with E-state index in [0.29, 0.717) is 0 Å². The number of aromatic carboxylic acids is 2. The molecule has 1 aromatic carbocycles. The first-order valence-corrected chi connectivity index (χ1v) is 7.02. The van der Waals surface area contributed by atoms with Crippen LogP contribution in [0.3, 0.4) is 0 Å². The van der Waals surface area contributed by atoms with Crippen LogP contribution in [0.5, 0.6) is 0 Å². The first kappa shape index (κ1) is 19.8. The molecular formula is C16H16O9. The molecule has 0 spiro atoms. The number of carboxylic acid groups (broad SMARTS) is 2. The molecule has 0 fully saturated rings. The Labute approximate surface area is 142 Å². The highest BCUT2D eigenvalue weighted by Crippen LogP contribution is 2.16. The molecule has 1 aromatic rings. The van der Waals surface area contributed by atoms with Crippen LogP contribution in [-0.4, -0.2) is 60.5 Å². The molecule has 0 aliphatic rings. The maximum absolute atomic E-state index is 11.9. The molecule has 0 unspecified atom stereocenters. The quantitative estimate of drug-likeness (QED) is 0.359. The third kappa shape index (κ3) is 6.07. The van der Waals surface area contributed by atoms with Crippen LogP contribution in [-0.2, 0) is 19.0 Å². The lowest BCUT2D eigenvalue weighted by atomic mass is 10.0. The summed E-state index contributed by atoms with van der Waals surface area (Å²) in [5, 5.41) is 18.1. The average Bonchev–Trinajstić information content (AvgIpc) is 2.59. The first-order valence-electron chi connectivity index (χ1n) is 7.02. The number of hydrogen-bond donors (Lipinski definition) is 2. The van der Waals surface area contributed by atoms with Crippen molar-refractivity contribution in [3.8, 4) is 0 Å². The molecule has 134 valence electrons. The predicted octanol–water partition coefficient (Wildman–Crippen LogP) is 0.986. The van der Waals surface area contributed by atoms with Crippen LogP contribution >= 0.6 is 0 Å². The molecule has 0 aromatic heterocycles. The van der Waals surface area contributed by atoms with Gasteiger partial charge in [-0.05, 0) is 12.1 Å². The van der Waals surface area contributed by atoms with Crippen LogP contribution in [0.4, 0.5) is 0 Å². The normalized spacial score (nSPS) is 9.92. The monoisotopic (exact) mass is 352 g/mol. The average molecular weight is 352 g/mol. The third-order valence-corrected chi connectivity index (χ3v) is 2.83. The largest absolute Gasteiger partial charge is 0.478 e. The Morgan fingerprint density at radius 2 is 1.52 bits per heavy atom. The number of carbonyl (C=O) groups is 4. The molecule has 0 bridgehead atoms. The van der Waals surface area contributed by atoms with Gasteiger partial charge >= 0.3 is 23.9 Å². The summed E-state index contributed by atoms with van der Waals surface area (Å²) in [4.78, 5) is 45.0. The molecule has 0 saturated carbocycles. The van der Waals surface area contributed by atoms with Crippen molar-refractivity contribution >= 4 is 23.9 Å². The minimum absolute atomic E-state index is 0.00260. The zero-order valence-corrected chi connectivity index (χ0v) is 13.1. The number of benzene rings is 1. The summed E-state index contributed by atoms with van der Waals surface area (Å²) in [6, 6.07) is 3.49. The van der Waals surface area contributed by atoms with E-state index >= 15 is 0 Å². The fraction of sp³-hybridized carbons (Fsp3) is 0.250. The summed E-state index contributed by atoms with van der Waals surface area (Å²) in [6.07, 6.45) is 1.01. The van der Waals surface area contributed by atoms with Gasteiger partial charge in [-0.2, -0.15) is 0 Å². The summed E-state index contributed by atoms with van der Waals surface area (Å²) in [5.41, 5.74) is -1.52. The van der Waals surface area contributed by atoms with E-state index in [0.717, 1.165) is 18.2 Å². The molecule has 25 heavy (non-hydrogen) atoms. The van der Waals surface area contributed by atoms with Crippen LogP contribution < -0.4 is 0 Å². The highest BCUT2D eigenvalue weighted by Gasteiger charge is 2.24. The van der Waals surface area contributed by atoms with Crippen molar-refractivity contribution in [2.75, 3.05) is 26.4 Å². The Bertz CT molecular complexity index is 678. The van der Waals surface area contributed by atoms with Gasteiger partial charge in [0.15, 0.2) is 0 Å². The molecule has 0 aliphatic carbocycles. The molecule has 0 radical (unpaired) electrons. The number of rotatable bonds is 10. The maximum atomic E-state index is 11.9. The second kappa shape index (κ2) is 9.83. The van der Waals surface area contributed by atoms with E-state index in [4.69, 9.17) is 19.7 Å². The highest BCUT2D eigenvalue weighted by atomic mass is 16.6. The predicted molar refractivity (Wildman–Crippen MR) is 82.6 cm³/mol. The number of esters is 2. The van der Waals surface area contributed by atoms with Gasteiger partial charge in [0.2, 0.25) is 0 Å². The zero-order chi connectivity index (χ0) is 18.8. The summed E-state index contributed by atoms with van der Waals surface area (Å²) in [5.74, 6) is -4.59. The molecule has 0 aliphatic heterocycles. The summed E-state index contributed by atoms with van der Waals surface area (Å²) >= 11 is 0. The molecule has 0 amide bonds. The van der Waals surface area contributed by atoms with Crippen molar-refractivity contribution in [1.82, 2.24) is 0 Å². The van der Waals surface area contributed by atoms with E-state index in [1.807, 2.05) is 0 Å². The van der Waals surface area contributed by atoms with Crippen LogP contribution in [0.1, 0.15) is 31.1 Å². The number of hydrogen-bond acceptors (Lipinski definition) is 7. The SMILES string of the molecule is C=CC(=O)OCCOCCOC(=O)c1cccc(C(=O)O)c1C(=O)O. The molecule has 9 nitrogen and oxygen atoms in total. The lowest BCUT2D eigenvalue weighted by Crippen LogP contribution is -2.18. The van der Waals surface area contributed by atoms with Gasteiger partial charge in [-0.15, -0.1) is 0 Å². The summed E-state index contributed by atoms with van der Waals surface area (Å²) in [7, 11) is 0. The molecule has 1 rings (SSSR count).